The van der Waals surface area contributed by atoms with E-state index in [-0.39, 0.29) is 5.56 Å². The van der Waals surface area contributed by atoms with Gasteiger partial charge >= 0.3 is 5.97 Å². The average molecular weight is 250 g/mol. The highest BCUT2D eigenvalue weighted by molar-refractivity contribution is 5.94. The molecule has 0 amide bonds. The monoisotopic (exact) mass is 250 g/mol. The SMILES string of the molecule is Cc1ccnc(NCC2CCOCC2)c1C(=O)O. The number of hydrogen-bond acceptors (Lipinski definition) is 4. The van der Waals surface area contributed by atoms with E-state index in [0.29, 0.717) is 11.7 Å². The van der Waals surface area contributed by atoms with Gasteiger partial charge in [-0.3, -0.25) is 0 Å². The maximum Gasteiger partial charge on any atom is 0.339 e. The Hall–Kier alpha value is -1.62. The van der Waals surface area contributed by atoms with Gasteiger partial charge in [0.2, 0.25) is 0 Å². The molecule has 0 unspecified atom stereocenters. The van der Waals surface area contributed by atoms with Crippen LogP contribution in [0.25, 0.3) is 0 Å². The Morgan fingerprint density at radius 1 is 1.56 bits per heavy atom. The van der Waals surface area contributed by atoms with Gasteiger partial charge in [-0.2, -0.15) is 0 Å². The first-order chi connectivity index (χ1) is 8.68. The van der Waals surface area contributed by atoms with Gasteiger partial charge < -0.3 is 15.2 Å². The molecule has 1 saturated heterocycles. The van der Waals surface area contributed by atoms with E-state index >= 15 is 0 Å². The van der Waals surface area contributed by atoms with E-state index < -0.39 is 5.97 Å². The minimum absolute atomic E-state index is 0.268. The second kappa shape index (κ2) is 5.82. The normalized spacial score (nSPS) is 16.5. The molecule has 1 aromatic heterocycles. The van der Waals surface area contributed by atoms with Crippen molar-refractivity contribution >= 4 is 11.8 Å². The van der Waals surface area contributed by atoms with E-state index in [0.717, 1.165) is 38.2 Å². The van der Waals surface area contributed by atoms with Crippen LogP contribution >= 0.6 is 0 Å². The fourth-order valence-electron chi connectivity index (χ4n) is 2.15. The molecule has 2 rings (SSSR count). The van der Waals surface area contributed by atoms with Crippen molar-refractivity contribution < 1.29 is 14.6 Å². The van der Waals surface area contributed by atoms with Gasteiger partial charge in [0.1, 0.15) is 11.4 Å². The van der Waals surface area contributed by atoms with Gasteiger partial charge in [-0.05, 0) is 37.3 Å². The van der Waals surface area contributed by atoms with Crippen LogP contribution in [0.5, 0.6) is 0 Å². The van der Waals surface area contributed by atoms with Crippen molar-refractivity contribution in [3.63, 3.8) is 0 Å². The number of pyridine rings is 1. The van der Waals surface area contributed by atoms with Gasteiger partial charge in [0.15, 0.2) is 0 Å². The molecule has 98 valence electrons. The van der Waals surface area contributed by atoms with Crippen molar-refractivity contribution in [1.29, 1.82) is 0 Å². The Morgan fingerprint density at radius 3 is 2.94 bits per heavy atom. The molecule has 18 heavy (non-hydrogen) atoms. The molecule has 1 fully saturated rings. The van der Waals surface area contributed by atoms with Gasteiger partial charge in [-0.25, -0.2) is 9.78 Å². The summed E-state index contributed by atoms with van der Waals surface area (Å²) < 4.78 is 5.30. The summed E-state index contributed by atoms with van der Waals surface area (Å²) in [6, 6.07) is 1.71. The van der Waals surface area contributed by atoms with Gasteiger partial charge in [0.05, 0.1) is 0 Å². The lowest BCUT2D eigenvalue weighted by atomic mass is 10.0. The third-order valence-corrected chi connectivity index (χ3v) is 3.27. The molecule has 5 nitrogen and oxygen atoms in total. The Morgan fingerprint density at radius 2 is 2.28 bits per heavy atom. The Bertz CT molecular complexity index is 428. The summed E-state index contributed by atoms with van der Waals surface area (Å²) in [5, 5.41) is 12.3. The van der Waals surface area contributed by atoms with Crippen LogP contribution in [0.15, 0.2) is 12.3 Å². The number of rotatable bonds is 4. The Kier molecular flexibility index (Phi) is 4.15. The van der Waals surface area contributed by atoms with Gasteiger partial charge in [-0.1, -0.05) is 0 Å². The Labute approximate surface area is 106 Å². The molecule has 0 spiro atoms. The molecule has 0 radical (unpaired) electrons. The molecular formula is C13H18N2O3. The number of ether oxygens (including phenoxy) is 1. The maximum atomic E-state index is 11.2. The Balaban J connectivity index is 2.04. The van der Waals surface area contributed by atoms with Crippen LogP contribution < -0.4 is 5.32 Å². The van der Waals surface area contributed by atoms with Crippen molar-refractivity contribution in [3.8, 4) is 0 Å². The maximum absolute atomic E-state index is 11.2. The number of nitrogens with zero attached hydrogens (tertiary/aromatic N) is 1. The van der Waals surface area contributed by atoms with E-state index in [2.05, 4.69) is 10.3 Å². The average Bonchev–Trinajstić information content (AvgIpc) is 2.37. The van der Waals surface area contributed by atoms with Crippen LogP contribution in [0.3, 0.4) is 0 Å². The van der Waals surface area contributed by atoms with Crippen molar-refractivity contribution in [3.05, 3.63) is 23.4 Å². The molecule has 2 N–H and O–H groups in total. The quantitative estimate of drug-likeness (QED) is 0.854. The fourth-order valence-corrected chi connectivity index (χ4v) is 2.15. The highest BCUT2D eigenvalue weighted by Gasteiger charge is 2.17. The van der Waals surface area contributed by atoms with Gasteiger partial charge in [0.25, 0.3) is 0 Å². The summed E-state index contributed by atoms with van der Waals surface area (Å²) in [5.41, 5.74) is 0.997. The summed E-state index contributed by atoms with van der Waals surface area (Å²) in [5.74, 6) is 0.0618. The largest absolute Gasteiger partial charge is 0.478 e. The molecule has 0 atom stereocenters. The third kappa shape index (κ3) is 2.98. The molecule has 0 aliphatic carbocycles. The standard InChI is InChI=1S/C13H18N2O3/c1-9-2-5-14-12(11(9)13(16)17)15-8-10-3-6-18-7-4-10/h2,5,10H,3-4,6-8H2,1H3,(H,14,15)(H,16,17). The predicted octanol–water partition coefficient (Wildman–Crippen LogP) is 1.93. The lowest BCUT2D eigenvalue weighted by Gasteiger charge is -2.22. The van der Waals surface area contributed by atoms with Crippen LogP contribution in [0.2, 0.25) is 0 Å². The highest BCUT2D eigenvalue weighted by Crippen LogP contribution is 2.19. The molecule has 1 aliphatic rings. The molecule has 5 heteroatoms. The number of nitrogens with one attached hydrogen (secondary N) is 1. The first-order valence-electron chi connectivity index (χ1n) is 6.19. The minimum Gasteiger partial charge on any atom is -0.478 e. The zero-order valence-corrected chi connectivity index (χ0v) is 10.5. The van der Waals surface area contributed by atoms with E-state index in [1.54, 1.807) is 19.2 Å². The van der Waals surface area contributed by atoms with Gasteiger partial charge in [0, 0.05) is 26.0 Å². The molecule has 1 aromatic rings. The smallest absolute Gasteiger partial charge is 0.339 e. The molecule has 2 heterocycles. The van der Waals surface area contributed by atoms with Crippen molar-refractivity contribution in [2.75, 3.05) is 25.1 Å². The number of hydrogen-bond donors (Lipinski definition) is 2. The summed E-state index contributed by atoms with van der Waals surface area (Å²) in [6.07, 6.45) is 3.66. The molecular weight excluding hydrogens is 232 g/mol. The van der Waals surface area contributed by atoms with Crippen molar-refractivity contribution in [2.45, 2.75) is 19.8 Å². The van der Waals surface area contributed by atoms with Crippen molar-refractivity contribution in [1.82, 2.24) is 4.98 Å². The van der Waals surface area contributed by atoms with Gasteiger partial charge in [-0.15, -0.1) is 0 Å². The summed E-state index contributed by atoms with van der Waals surface area (Å²) >= 11 is 0. The van der Waals surface area contributed by atoms with Crippen LogP contribution in [0.1, 0.15) is 28.8 Å². The predicted molar refractivity (Wildman–Crippen MR) is 68.0 cm³/mol. The van der Waals surface area contributed by atoms with Crippen LogP contribution in [0.4, 0.5) is 5.82 Å². The van der Waals surface area contributed by atoms with E-state index in [1.165, 1.54) is 0 Å². The van der Waals surface area contributed by atoms with E-state index in [9.17, 15) is 9.90 Å². The van der Waals surface area contributed by atoms with E-state index in [1.807, 2.05) is 0 Å². The summed E-state index contributed by atoms with van der Waals surface area (Å²) in [7, 11) is 0. The zero-order valence-electron chi connectivity index (χ0n) is 10.5. The lowest BCUT2D eigenvalue weighted by molar-refractivity contribution is 0.0688. The molecule has 0 aromatic carbocycles. The van der Waals surface area contributed by atoms with Crippen LogP contribution in [0, 0.1) is 12.8 Å². The molecule has 1 aliphatic heterocycles. The number of aromatic carboxylic acids is 1. The number of carbonyl (C=O) groups is 1. The summed E-state index contributed by atoms with van der Waals surface area (Å²) in [6.45, 7) is 4.11. The first kappa shape index (κ1) is 12.8. The minimum atomic E-state index is -0.935. The van der Waals surface area contributed by atoms with E-state index in [4.69, 9.17) is 4.74 Å². The molecule has 0 bridgehead atoms. The number of carboxylic acid groups (broad SMARTS) is 1. The number of anilines is 1. The second-order valence-electron chi connectivity index (χ2n) is 4.59. The van der Waals surface area contributed by atoms with Crippen LogP contribution in [-0.2, 0) is 4.74 Å². The number of carboxylic acids is 1. The zero-order chi connectivity index (χ0) is 13.0. The van der Waals surface area contributed by atoms with Crippen LogP contribution in [-0.4, -0.2) is 35.8 Å². The third-order valence-electron chi connectivity index (χ3n) is 3.27. The molecule has 0 saturated carbocycles. The first-order valence-corrected chi connectivity index (χ1v) is 6.19. The topological polar surface area (TPSA) is 71.5 Å². The summed E-state index contributed by atoms with van der Waals surface area (Å²) in [4.78, 5) is 15.3. The number of aromatic nitrogens is 1. The van der Waals surface area contributed by atoms with Crippen molar-refractivity contribution in [2.24, 2.45) is 5.92 Å². The highest BCUT2D eigenvalue weighted by atomic mass is 16.5. The second-order valence-corrected chi connectivity index (χ2v) is 4.59. The fraction of sp³-hybridized carbons (Fsp3) is 0.538. The lowest BCUT2D eigenvalue weighted by Crippen LogP contribution is -2.23. The number of aryl methyl sites for hydroxylation is 1.